The van der Waals surface area contributed by atoms with E-state index in [4.69, 9.17) is 20.4 Å². The van der Waals surface area contributed by atoms with Gasteiger partial charge in [-0.15, -0.1) is 15.0 Å². The molecule has 0 aromatic heterocycles. The smallest absolute Gasteiger partial charge is 0.294 e. The highest BCUT2D eigenvalue weighted by Crippen LogP contribution is 1.57. The molecule has 4 N–H and O–H groups in total. The molecule has 0 saturated heterocycles. The Morgan fingerprint density at radius 1 is 1.91 bits per heavy atom. The molecule has 9 nitrogen and oxygen atoms in total. The summed E-state index contributed by atoms with van der Waals surface area (Å²) in [5.41, 5.74) is 6.22. The summed E-state index contributed by atoms with van der Waals surface area (Å²) in [4.78, 5) is 21.5. The summed E-state index contributed by atoms with van der Waals surface area (Å²) in [6.45, 7) is 0. The minimum Gasteiger partial charge on any atom is -0.369 e. The van der Waals surface area contributed by atoms with Crippen LogP contribution in [-0.4, -0.2) is 18.2 Å². The molecule has 0 spiro atoms. The Labute approximate surface area is 61.1 Å². The summed E-state index contributed by atoms with van der Waals surface area (Å²) >= 11 is 0. The number of hydrogen-bond acceptors (Lipinski definition) is 6. The third-order valence-corrected chi connectivity index (χ3v) is 0.315. The second-order valence-corrected chi connectivity index (χ2v) is 1.02. The fraction of sp³-hybridized carbons (Fsp3) is 0.500. The molecule has 0 bridgehead atoms. The second-order valence-electron chi connectivity index (χ2n) is 1.02. The molecule has 0 rings (SSSR count). The summed E-state index contributed by atoms with van der Waals surface area (Å²) in [5.74, 6) is -0.440. The van der Waals surface area contributed by atoms with Crippen LogP contribution in [0.3, 0.4) is 0 Å². The number of rotatable bonds is 2. The van der Waals surface area contributed by atoms with Crippen LogP contribution in [0, 0.1) is 20.4 Å². The summed E-state index contributed by atoms with van der Waals surface area (Å²) < 4.78 is 0. The molecule has 0 unspecified atom stereocenters. The van der Waals surface area contributed by atoms with Crippen LogP contribution in [0.25, 0.3) is 0 Å². The molecule has 0 aromatic carbocycles. The first-order chi connectivity index (χ1) is 5.04. The first kappa shape index (κ1) is 11.8. The molecule has 0 amide bonds. The van der Waals surface area contributed by atoms with Gasteiger partial charge in [-0.1, -0.05) is 0 Å². The van der Waals surface area contributed by atoms with E-state index in [1.54, 1.807) is 5.43 Å². The van der Waals surface area contributed by atoms with Gasteiger partial charge < -0.3 is 10.6 Å². The van der Waals surface area contributed by atoms with Gasteiger partial charge in [-0.3, -0.25) is 5.41 Å². The quantitative estimate of drug-likeness (QED) is 0.157. The number of nitrogens with one attached hydrogen (secondary N) is 2. The molecule has 0 aliphatic rings. The normalized spacial score (nSPS) is 6.64. The first-order valence-corrected chi connectivity index (χ1v) is 2.15. The Hall–Kier alpha value is -1.93. The van der Waals surface area contributed by atoms with E-state index in [-0.39, 0.29) is 0 Å². The molecule has 0 aliphatic carbocycles. The topological polar surface area (TPSA) is 144 Å². The van der Waals surface area contributed by atoms with Gasteiger partial charge in [0.15, 0.2) is 0 Å². The highest BCUT2D eigenvalue weighted by Gasteiger charge is 1.77. The first-order valence-electron chi connectivity index (χ1n) is 2.15. The van der Waals surface area contributed by atoms with Crippen LogP contribution < -0.4 is 11.2 Å². The average molecular weight is 165 g/mol. The van der Waals surface area contributed by atoms with Gasteiger partial charge in [0.1, 0.15) is 0 Å². The van der Waals surface area contributed by atoms with Crippen LogP contribution in [0.15, 0.2) is 5.29 Å². The Kier molecular flexibility index (Phi) is 8.67. The summed E-state index contributed by atoms with van der Waals surface area (Å²) in [6, 6.07) is 0. The van der Waals surface area contributed by atoms with Gasteiger partial charge in [-0.2, -0.15) is 0 Å². The van der Waals surface area contributed by atoms with Crippen LogP contribution in [0.2, 0.25) is 0 Å². The third-order valence-electron chi connectivity index (χ3n) is 0.315. The van der Waals surface area contributed by atoms with Crippen molar-refractivity contribution >= 4 is 5.96 Å². The lowest BCUT2D eigenvalue weighted by Crippen LogP contribution is -2.24. The van der Waals surface area contributed by atoms with Crippen molar-refractivity contribution in [3.05, 3.63) is 15.0 Å². The molecule has 0 fully saturated rings. The van der Waals surface area contributed by atoms with Crippen molar-refractivity contribution in [2.75, 3.05) is 7.11 Å². The van der Waals surface area contributed by atoms with Gasteiger partial charge in [-0.05, 0) is 0 Å². The molecule has 64 valence electrons. The van der Waals surface area contributed by atoms with E-state index >= 15 is 0 Å². The maximum atomic E-state index is 9.03. The zero-order valence-corrected chi connectivity index (χ0v) is 5.60. The summed E-state index contributed by atoms with van der Waals surface area (Å²) in [7, 11) is 1.00. The van der Waals surface area contributed by atoms with Gasteiger partial charge in [0.2, 0.25) is 5.96 Å². The summed E-state index contributed by atoms with van der Waals surface area (Å²) in [5, 5.41) is 16.4. The fourth-order valence-corrected chi connectivity index (χ4v) is 0.0492. The number of guanidine groups is 1. The number of nitrogens with two attached hydrogens (primary N) is 1. The van der Waals surface area contributed by atoms with Crippen molar-refractivity contribution in [3.63, 3.8) is 0 Å². The minimum absolute atomic E-state index is 0.440. The Balaban J connectivity index is 0. The molecule has 0 atom stereocenters. The molecule has 0 aromatic rings. The molecule has 0 heterocycles. The van der Waals surface area contributed by atoms with Gasteiger partial charge in [0.25, 0.3) is 5.09 Å². The average Bonchev–Trinajstić information content (AvgIpc) is 1.89. The van der Waals surface area contributed by atoms with Crippen LogP contribution in [0.1, 0.15) is 0 Å². The van der Waals surface area contributed by atoms with E-state index in [0.717, 1.165) is 7.11 Å². The molecule has 0 aliphatic heterocycles. The lowest BCUT2D eigenvalue weighted by atomic mass is 11.1. The van der Waals surface area contributed by atoms with Crippen LogP contribution >= 0.6 is 0 Å². The van der Waals surface area contributed by atoms with Gasteiger partial charge in [0.05, 0.1) is 12.4 Å². The molecule has 0 radical (unpaired) electrons. The van der Waals surface area contributed by atoms with Crippen LogP contribution in [0.4, 0.5) is 0 Å². The number of nitroso groups, excluding NO2 is 1. The lowest BCUT2D eigenvalue weighted by Gasteiger charge is -1.82. The number of nitrogens with zero attached hydrogens (tertiary/aromatic N) is 2. The standard InChI is InChI=1S/CH4N4O.CH3NO3/c2-1(3)4-5-6;1-5-2(3)4/h(H4,2,3,4,6);1H3. The van der Waals surface area contributed by atoms with Gasteiger partial charge in [0, 0.05) is 0 Å². The Morgan fingerprint density at radius 2 is 2.27 bits per heavy atom. The van der Waals surface area contributed by atoms with Gasteiger partial charge in [-0.25, -0.2) is 5.43 Å². The second kappa shape index (κ2) is 8.07. The molecule has 11 heavy (non-hydrogen) atoms. The van der Waals surface area contributed by atoms with E-state index in [1.807, 2.05) is 0 Å². The predicted octanol–water partition coefficient (Wildman–Crippen LogP) is -1.02. The Bertz CT molecular complexity index is 145. The molecule has 9 heteroatoms. The van der Waals surface area contributed by atoms with Crippen LogP contribution in [0.5, 0.6) is 0 Å². The molecular weight excluding hydrogens is 158 g/mol. The fourth-order valence-electron chi connectivity index (χ4n) is 0.0492. The van der Waals surface area contributed by atoms with E-state index in [9.17, 15) is 0 Å². The van der Waals surface area contributed by atoms with Crippen molar-refractivity contribution in [2.24, 2.45) is 11.0 Å². The minimum atomic E-state index is -0.875. The van der Waals surface area contributed by atoms with Crippen molar-refractivity contribution in [1.29, 1.82) is 5.41 Å². The maximum Gasteiger partial charge on any atom is 0.294 e. The monoisotopic (exact) mass is 165 g/mol. The zero-order valence-electron chi connectivity index (χ0n) is 5.60. The number of hydrogen-bond donors (Lipinski definition) is 3. The van der Waals surface area contributed by atoms with Crippen molar-refractivity contribution in [1.82, 2.24) is 5.43 Å². The van der Waals surface area contributed by atoms with Crippen LogP contribution in [-0.2, 0) is 4.84 Å². The Morgan fingerprint density at radius 3 is 2.27 bits per heavy atom. The lowest BCUT2D eigenvalue weighted by molar-refractivity contribution is -0.749. The van der Waals surface area contributed by atoms with Crippen molar-refractivity contribution in [2.45, 2.75) is 0 Å². The third kappa shape index (κ3) is 31.5. The molecular formula is C2H7N5O4. The van der Waals surface area contributed by atoms with E-state index in [1.165, 1.54) is 0 Å². The van der Waals surface area contributed by atoms with Gasteiger partial charge >= 0.3 is 0 Å². The van der Waals surface area contributed by atoms with Crippen molar-refractivity contribution < 1.29 is 9.92 Å². The zero-order chi connectivity index (χ0) is 9.28. The largest absolute Gasteiger partial charge is 0.369 e. The molecule has 0 saturated carbocycles. The highest BCUT2D eigenvalue weighted by molar-refractivity contribution is 5.73. The van der Waals surface area contributed by atoms with E-state index in [0.29, 0.717) is 0 Å². The van der Waals surface area contributed by atoms with Crippen molar-refractivity contribution in [3.8, 4) is 0 Å². The predicted molar refractivity (Wildman–Crippen MR) is 34.8 cm³/mol. The highest BCUT2D eigenvalue weighted by atomic mass is 16.9. The van der Waals surface area contributed by atoms with E-state index < -0.39 is 11.0 Å². The maximum absolute atomic E-state index is 9.03. The summed E-state index contributed by atoms with van der Waals surface area (Å²) in [6.07, 6.45) is 0. The SMILES string of the molecule is CO[N+](=O)[O-].N=C(N)NN=O. The van der Waals surface area contributed by atoms with E-state index in [2.05, 4.69) is 15.9 Å².